The monoisotopic (exact) mass is 247 g/mol. The van der Waals surface area contributed by atoms with Crippen molar-refractivity contribution < 1.29 is 4.74 Å². The summed E-state index contributed by atoms with van der Waals surface area (Å²) in [7, 11) is 0. The molecule has 2 heteroatoms. The van der Waals surface area contributed by atoms with E-state index in [2.05, 4.69) is 36.5 Å². The van der Waals surface area contributed by atoms with E-state index in [0.29, 0.717) is 0 Å². The Balaban J connectivity index is 1.78. The van der Waals surface area contributed by atoms with E-state index in [1.165, 1.54) is 37.7 Å². The molecule has 1 saturated carbocycles. The highest BCUT2D eigenvalue weighted by Gasteiger charge is 2.13. The number of hydrogen-bond acceptors (Lipinski definition) is 2. The van der Waals surface area contributed by atoms with E-state index in [1.807, 2.05) is 0 Å². The Hall–Kier alpha value is -1.02. The molecule has 0 amide bonds. The molecular formula is C16H25NO. The van der Waals surface area contributed by atoms with Crippen LogP contribution < -0.4 is 10.1 Å². The van der Waals surface area contributed by atoms with Crippen LogP contribution in [0.4, 0.5) is 0 Å². The van der Waals surface area contributed by atoms with E-state index in [-0.39, 0.29) is 0 Å². The Labute approximate surface area is 111 Å². The van der Waals surface area contributed by atoms with Crippen LogP contribution in [0.2, 0.25) is 0 Å². The average Bonchev–Trinajstić information content (AvgIpc) is 2.90. The van der Waals surface area contributed by atoms with Gasteiger partial charge in [0.25, 0.3) is 0 Å². The molecule has 100 valence electrons. The van der Waals surface area contributed by atoms with Crippen LogP contribution >= 0.6 is 0 Å². The Kier molecular flexibility index (Phi) is 5.53. The van der Waals surface area contributed by atoms with E-state index in [9.17, 15) is 0 Å². The molecule has 1 aliphatic rings. The Morgan fingerprint density at radius 2 is 2.11 bits per heavy atom. The molecule has 1 aromatic rings. The van der Waals surface area contributed by atoms with Gasteiger partial charge in [0.1, 0.15) is 5.75 Å². The summed E-state index contributed by atoms with van der Waals surface area (Å²) in [6.45, 7) is 3.98. The molecule has 0 radical (unpaired) electrons. The molecule has 0 spiro atoms. The number of nitrogens with one attached hydrogen (secondary N) is 1. The number of ether oxygens (including phenoxy) is 1. The zero-order chi connectivity index (χ0) is 12.6. The van der Waals surface area contributed by atoms with E-state index < -0.39 is 0 Å². The molecule has 2 nitrogen and oxygen atoms in total. The summed E-state index contributed by atoms with van der Waals surface area (Å²) in [5.41, 5.74) is 1.33. The van der Waals surface area contributed by atoms with Gasteiger partial charge in [-0.2, -0.15) is 0 Å². The molecule has 0 saturated heterocycles. The van der Waals surface area contributed by atoms with Crippen molar-refractivity contribution in [2.45, 2.75) is 58.0 Å². The van der Waals surface area contributed by atoms with Gasteiger partial charge in [-0.25, -0.2) is 0 Å². The number of hydrogen-bond donors (Lipinski definition) is 1. The fourth-order valence-electron chi connectivity index (χ4n) is 2.47. The van der Waals surface area contributed by atoms with Crippen LogP contribution in [-0.4, -0.2) is 12.6 Å². The zero-order valence-corrected chi connectivity index (χ0v) is 11.5. The van der Waals surface area contributed by atoms with Gasteiger partial charge < -0.3 is 10.1 Å². The first-order chi connectivity index (χ1) is 8.88. The molecule has 1 aliphatic carbocycles. The van der Waals surface area contributed by atoms with Gasteiger partial charge >= 0.3 is 0 Å². The van der Waals surface area contributed by atoms with E-state index in [4.69, 9.17) is 4.74 Å². The fraction of sp³-hybridized carbons (Fsp3) is 0.625. The quantitative estimate of drug-likeness (QED) is 0.738. The Morgan fingerprint density at radius 3 is 2.89 bits per heavy atom. The predicted octanol–water partition coefficient (Wildman–Crippen LogP) is 3.90. The number of benzene rings is 1. The molecule has 0 bridgehead atoms. The van der Waals surface area contributed by atoms with Crippen molar-refractivity contribution in [1.82, 2.24) is 5.32 Å². The summed E-state index contributed by atoms with van der Waals surface area (Å²) in [5, 5.41) is 3.64. The maximum Gasteiger partial charge on any atom is 0.119 e. The highest BCUT2D eigenvalue weighted by atomic mass is 16.5. The molecule has 0 aromatic heterocycles. The third-order valence-electron chi connectivity index (χ3n) is 3.62. The van der Waals surface area contributed by atoms with Crippen molar-refractivity contribution in [2.75, 3.05) is 6.61 Å². The van der Waals surface area contributed by atoms with E-state index >= 15 is 0 Å². The highest BCUT2D eigenvalue weighted by molar-refractivity contribution is 5.28. The number of unbranched alkanes of at least 4 members (excludes halogenated alkanes) is 1. The summed E-state index contributed by atoms with van der Waals surface area (Å²) in [6, 6.07) is 9.21. The molecule has 1 N–H and O–H groups in total. The largest absolute Gasteiger partial charge is 0.494 e. The second-order valence-electron chi connectivity index (χ2n) is 5.21. The fourth-order valence-corrected chi connectivity index (χ4v) is 2.47. The van der Waals surface area contributed by atoms with Gasteiger partial charge in [0.15, 0.2) is 0 Å². The maximum atomic E-state index is 5.73. The van der Waals surface area contributed by atoms with Crippen LogP contribution in [0.3, 0.4) is 0 Å². The van der Waals surface area contributed by atoms with Crippen molar-refractivity contribution in [3.8, 4) is 5.75 Å². The molecule has 0 unspecified atom stereocenters. The van der Waals surface area contributed by atoms with Gasteiger partial charge in [0.05, 0.1) is 6.61 Å². The summed E-state index contributed by atoms with van der Waals surface area (Å²) in [6.07, 6.45) is 7.77. The van der Waals surface area contributed by atoms with Crippen molar-refractivity contribution in [1.29, 1.82) is 0 Å². The highest BCUT2D eigenvalue weighted by Crippen LogP contribution is 2.19. The minimum absolute atomic E-state index is 0.731. The molecule has 18 heavy (non-hydrogen) atoms. The predicted molar refractivity (Wildman–Crippen MR) is 75.9 cm³/mol. The molecule has 2 rings (SSSR count). The van der Waals surface area contributed by atoms with Gasteiger partial charge in [-0.05, 0) is 37.0 Å². The molecule has 0 heterocycles. The first-order valence-corrected chi connectivity index (χ1v) is 7.33. The van der Waals surface area contributed by atoms with Crippen LogP contribution in [0.15, 0.2) is 24.3 Å². The summed E-state index contributed by atoms with van der Waals surface area (Å²) >= 11 is 0. The second kappa shape index (κ2) is 7.42. The molecular weight excluding hydrogens is 222 g/mol. The van der Waals surface area contributed by atoms with Gasteiger partial charge in [0, 0.05) is 12.6 Å². The van der Waals surface area contributed by atoms with Gasteiger partial charge in [-0.15, -0.1) is 0 Å². The summed E-state index contributed by atoms with van der Waals surface area (Å²) in [5.74, 6) is 1.01. The van der Waals surface area contributed by atoms with Gasteiger partial charge in [-0.1, -0.05) is 38.3 Å². The first-order valence-electron chi connectivity index (χ1n) is 7.33. The average molecular weight is 247 g/mol. The third-order valence-corrected chi connectivity index (χ3v) is 3.62. The molecule has 1 aromatic carbocycles. The summed E-state index contributed by atoms with van der Waals surface area (Å²) < 4.78 is 5.73. The van der Waals surface area contributed by atoms with Gasteiger partial charge in [-0.3, -0.25) is 0 Å². The summed E-state index contributed by atoms with van der Waals surface area (Å²) in [4.78, 5) is 0. The third kappa shape index (κ3) is 4.34. The van der Waals surface area contributed by atoms with E-state index in [1.54, 1.807) is 0 Å². The first kappa shape index (κ1) is 13.4. The van der Waals surface area contributed by atoms with Crippen LogP contribution in [-0.2, 0) is 6.54 Å². The van der Waals surface area contributed by atoms with Crippen molar-refractivity contribution in [2.24, 2.45) is 0 Å². The molecule has 1 fully saturated rings. The Morgan fingerprint density at radius 1 is 1.28 bits per heavy atom. The van der Waals surface area contributed by atoms with Crippen LogP contribution in [0.5, 0.6) is 5.75 Å². The number of rotatable bonds is 7. The zero-order valence-electron chi connectivity index (χ0n) is 11.5. The topological polar surface area (TPSA) is 21.3 Å². The van der Waals surface area contributed by atoms with Gasteiger partial charge in [0.2, 0.25) is 0 Å². The molecule has 0 atom stereocenters. The van der Waals surface area contributed by atoms with Crippen LogP contribution in [0.1, 0.15) is 51.0 Å². The van der Waals surface area contributed by atoms with Crippen molar-refractivity contribution in [3.05, 3.63) is 29.8 Å². The van der Waals surface area contributed by atoms with Crippen LogP contribution in [0, 0.1) is 0 Å². The standard InChI is InChI=1S/C16H25NO/c1-2-3-11-18-16-10-6-7-14(12-16)13-17-15-8-4-5-9-15/h6-7,10,12,15,17H,2-5,8-9,11,13H2,1H3. The lowest BCUT2D eigenvalue weighted by Crippen LogP contribution is -2.25. The second-order valence-corrected chi connectivity index (χ2v) is 5.21. The minimum Gasteiger partial charge on any atom is -0.494 e. The molecule has 0 aliphatic heterocycles. The Bertz CT molecular complexity index is 345. The smallest absolute Gasteiger partial charge is 0.119 e. The maximum absolute atomic E-state index is 5.73. The van der Waals surface area contributed by atoms with Crippen molar-refractivity contribution >= 4 is 0 Å². The lowest BCUT2D eigenvalue weighted by Gasteiger charge is -2.12. The lowest BCUT2D eigenvalue weighted by molar-refractivity contribution is 0.309. The van der Waals surface area contributed by atoms with E-state index in [0.717, 1.165) is 31.4 Å². The normalized spacial score (nSPS) is 16.1. The minimum atomic E-state index is 0.731. The lowest BCUT2D eigenvalue weighted by atomic mass is 10.2. The van der Waals surface area contributed by atoms with Crippen LogP contribution in [0.25, 0.3) is 0 Å². The van der Waals surface area contributed by atoms with Crippen molar-refractivity contribution in [3.63, 3.8) is 0 Å². The SMILES string of the molecule is CCCCOc1cccc(CNC2CCCC2)c1.